The van der Waals surface area contributed by atoms with Crippen LogP contribution in [0, 0.1) is 6.92 Å². The molecule has 2 heterocycles. The highest BCUT2D eigenvalue weighted by Crippen LogP contribution is 2.33. The molecule has 0 spiro atoms. The van der Waals surface area contributed by atoms with E-state index in [2.05, 4.69) is 16.5 Å². The Morgan fingerprint density at radius 3 is 2.58 bits per heavy atom. The second-order valence-corrected chi connectivity index (χ2v) is 8.76. The molecule has 1 saturated heterocycles. The highest BCUT2D eigenvalue weighted by atomic mass is 35.5. The lowest BCUT2D eigenvalue weighted by atomic mass is 10.0. The van der Waals surface area contributed by atoms with E-state index < -0.39 is 10.0 Å². The smallest absolute Gasteiger partial charge is 0.243 e. The quantitative estimate of drug-likeness (QED) is 0.785. The number of rotatable bonds is 5. The van der Waals surface area contributed by atoms with Crippen molar-refractivity contribution < 1.29 is 8.42 Å². The molecule has 0 amide bonds. The minimum atomic E-state index is -3.55. The Hall–Kier alpha value is -1.08. The average Bonchev–Trinajstić information content (AvgIpc) is 2.82. The van der Waals surface area contributed by atoms with Gasteiger partial charge in [0.2, 0.25) is 10.0 Å². The van der Waals surface area contributed by atoms with Gasteiger partial charge in [0.05, 0.1) is 14.9 Å². The molecule has 1 fully saturated rings. The molecule has 1 aromatic carbocycles. The minimum absolute atomic E-state index is 0.128. The average molecular weight is 388 g/mol. The van der Waals surface area contributed by atoms with Crippen LogP contribution in [0.25, 0.3) is 0 Å². The lowest BCUT2D eigenvalue weighted by molar-refractivity contribution is 0.250. The molecule has 24 heavy (non-hydrogen) atoms. The Labute approximate surface area is 152 Å². The first-order valence-corrected chi connectivity index (χ1v) is 10.0. The van der Waals surface area contributed by atoms with Gasteiger partial charge in [0.15, 0.2) is 0 Å². The standard InChI is InChI=1S/C16H19Cl2N3O2S/c1-3-6-21-11(2)8-19-16(21)12-9-20(10-12)24(22,23)13-4-5-14(17)15(18)7-13/h4-5,7-8,12H,3,6,9-10H2,1-2H3. The molecule has 5 nitrogen and oxygen atoms in total. The fourth-order valence-corrected chi connectivity index (χ4v) is 4.82. The van der Waals surface area contributed by atoms with Crippen LogP contribution >= 0.6 is 23.2 Å². The second kappa shape index (κ2) is 6.67. The van der Waals surface area contributed by atoms with Gasteiger partial charge in [-0.1, -0.05) is 30.1 Å². The summed E-state index contributed by atoms with van der Waals surface area (Å²) in [4.78, 5) is 4.64. The van der Waals surface area contributed by atoms with Crippen LogP contribution in [-0.4, -0.2) is 35.4 Å². The molecule has 0 saturated carbocycles. The molecule has 0 atom stereocenters. The first-order valence-electron chi connectivity index (χ1n) is 7.81. The van der Waals surface area contributed by atoms with E-state index in [9.17, 15) is 8.42 Å². The van der Waals surface area contributed by atoms with Gasteiger partial charge in [-0.3, -0.25) is 0 Å². The molecule has 1 aliphatic heterocycles. The van der Waals surface area contributed by atoms with Gasteiger partial charge in [-0.15, -0.1) is 0 Å². The van der Waals surface area contributed by atoms with Crippen LogP contribution in [0.3, 0.4) is 0 Å². The zero-order valence-corrected chi connectivity index (χ0v) is 15.9. The minimum Gasteiger partial charge on any atom is -0.332 e. The van der Waals surface area contributed by atoms with Gasteiger partial charge in [-0.2, -0.15) is 4.31 Å². The van der Waals surface area contributed by atoms with Gasteiger partial charge in [-0.05, 0) is 31.5 Å². The maximum absolute atomic E-state index is 12.7. The van der Waals surface area contributed by atoms with Crippen molar-refractivity contribution >= 4 is 33.2 Å². The van der Waals surface area contributed by atoms with E-state index >= 15 is 0 Å². The van der Waals surface area contributed by atoms with E-state index in [-0.39, 0.29) is 15.8 Å². The van der Waals surface area contributed by atoms with Gasteiger partial charge < -0.3 is 4.57 Å². The first kappa shape index (κ1) is 17.7. The number of imidazole rings is 1. The normalized spacial score (nSPS) is 16.3. The molecule has 0 aliphatic carbocycles. The predicted octanol–water partition coefficient (Wildman–Crippen LogP) is 3.70. The molecule has 0 radical (unpaired) electrons. The number of halogens is 2. The van der Waals surface area contributed by atoms with Crippen molar-refractivity contribution in [2.45, 2.75) is 37.6 Å². The van der Waals surface area contributed by atoms with E-state index in [0.717, 1.165) is 24.5 Å². The summed E-state index contributed by atoms with van der Waals surface area (Å²) in [7, 11) is -3.55. The van der Waals surface area contributed by atoms with Gasteiger partial charge >= 0.3 is 0 Å². The summed E-state index contributed by atoms with van der Waals surface area (Å²) >= 11 is 11.8. The number of hydrogen-bond donors (Lipinski definition) is 0. The number of sulfonamides is 1. The maximum Gasteiger partial charge on any atom is 0.243 e. The maximum atomic E-state index is 12.7. The Morgan fingerprint density at radius 1 is 1.25 bits per heavy atom. The summed E-state index contributed by atoms with van der Waals surface area (Å²) in [6.45, 7) is 5.91. The van der Waals surface area contributed by atoms with Crippen LogP contribution in [-0.2, 0) is 16.6 Å². The summed E-state index contributed by atoms with van der Waals surface area (Å²) in [5.74, 6) is 1.10. The van der Waals surface area contributed by atoms with E-state index in [1.165, 1.54) is 22.5 Å². The van der Waals surface area contributed by atoms with E-state index in [0.29, 0.717) is 18.1 Å². The van der Waals surface area contributed by atoms with E-state index in [4.69, 9.17) is 23.2 Å². The lowest BCUT2D eigenvalue weighted by Crippen LogP contribution is -2.49. The van der Waals surface area contributed by atoms with Gasteiger partial charge in [-0.25, -0.2) is 13.4 Å². The van der Waals surface area contributed by atoms with Crippen molar-refractivity contribution in [2.75, 3.05) is 13.1 Å². The molecule has 0 unspecified atom stereocenters. The molecular weight excluding hydrogens is 369 g/mol. The first-order chi connectivity index (χ1) is 11.3. The largest absolute Gasteiger partial charge is 0.332 e. The summed E-state index contributed by atoms with van der Waals surface area (Å²) in [5.41, 5.74) is 1.11. The number of benzene rings is 1. The predicted molar refractivity (Wildman–Crippen MR) is 95.2 cm³/mol. The molecular formula is C16H19Cl2N3O2S. The third-order valence-corrected chi connectivity index (χ3v) is 6.84. The van der Waals surface area contributed by atoms with E-state index in [1.54, 1.807) is 0 Å². The van der Waals surface area contributed by atoms with Gasteiger partial charge in [0.1, 0.15) is 5.82 Å². The van der Waals surface area contributed by atoms with Crippen LogP contribution in [0.4, 0.5) is 0 Å². The topological polar surface area (TPSA) is 55.2 Å². The van der Waals surface area contributed by atoms with Crippen LogP contribution in [0.15, 0.2) is 29.3 Å². The molecule has 0 N–H and O–H groups in total. The third kappa shape index (κ3) is 3.08. The van der Waals surface area contributed by atoms with Crippen molar-refractivity contribution in [3.8, 4) is 0 Å². The SMILES string of the molecule is CCCn1c(C)cnc1C1CN(S(=O)(=O)c2ccc(Cl)c(Cl)c2)C1. The van der Waals surface area contributed by atoms with Gasteiger partial charge in [0, 0.05) is 37.4 Å². The zero-order chi connectivity index (χ0) is 17.5. The molecule has 8 heteroatoms. The number of aryl methyl sites for hydroxylation is 1. The van der Waals surface area contributed by atoms with E-state index in [1.807, 2.05) is 13.1 Å². The highest BCUT2D eigenvalue weighted by molar-refractivity contribution is 7.89. The molecule has 2 aromatic rings. The monoisotopic (exact) mass is 387 g/mol. The second-order valence-electron chi connectivity index (χ2n) is 6.00. The van der Waals surface area contributed by atoms with Crippen molar-refractivity contribution in [1.82, 2.24) is 13.9 Å². The lowest BCUT2D eigenvalue weighted by Gasteiger charge is -2.37. The Kier molecular flexibility index (Phi) is 4.93. The molecule has 1 aliphatic rings. The Morgan fingerprint density at radius 2 is 1.96 bits per heavy atom. The molecule has 0 bridgehead atoms. The highest BCUT2D eigenvalue weighted by Gasteiger charge is 2.39. The summed E-state index contributed by atoms with van der Waals surface area (Å²) in [5, 5.41) is 0.582. The Balaban J connectivity index is 1.77. The molecule has 1 aromatic heterocycles. The van der Waals surface area contributed by atoms with Crippen molar-refractivity contribution in [3.63, 3.8) is 0 Å². The fourth-order valence-electron chi connectivity index (χ4n) is 2.90. The fraction of sp³-hybridized carbons (Fsp3) is 0.438. The number of nitrogens with zero attached hydrogens (tertiary/aromatic N) is 3. The van der Waals surface area contributed by atoms with Crippen molar-refractivity contribution in [2.24, 2.45) is 0 Å². The molecule has 130 valence electrons. The zero-order valence-electron chi connectivity index (χ0n) is 13.5. The Bertz CT molecular complexity index is 858. The summed E-state index contributed by atoms with van der Waals surface area (Å²) < 4.78 is 29.0. The van der Waals surface area contributed by atoms with Crippen LogP contribution in [0.1, 0.15) is 30.8 Å². The van der Waals surface area contributed by atoms with Crippen LogP contribution in [0.2, 0.25) is 10.0 Å². The molecule has 3 rings (SSSR count). The summed E-state index contributed by atoms with van der Waals surface area (Å²) in [6.07, 6.45) is 2.86. The summed E-state index contributed by atoms with van der Waals surface area (Å²) in [6, 6.07) is 4.39. The third-order valence-electron chi connectivity index (χ3n) is 4.28. The number of hydrogen-bond acceptors (Lipinski definition) is 3. The van der Waals surface area contributed by atoms with Gasteiger partial charge in [0.25, 0.3) is 0 Å². The van der Waals surface area contributed by atoms with Crippen LogP contribution in [0.5, 0.6) is 0 Å². The van der Waals surface area contributed by atoms with Crippen molar-refractivity contribution in [1.29, 1.82) is 0 Å². The van der Waals surface area contributed by atoms with Crippen molar-refractivity contribution in [3.05, 3.63) is 46.0 Å². The number of aromatic nitrogens is 2. The van der Waals surface area contributed by atoms with Crippen LogP contribution < -0.4 is 0 Å².